The van der Waals surface area contributed by atoms with Crippen molar-refractivity contribution in [2.24, 2.45) is 0 Å². The summed E-state index contributed by atoms with van der Waals surface area (Å²) in [6.45, 7) is 0. The molecule has 0 aliphatic rings. The largest absolute Gasteiger partial charge is 0.303 e. The Morgan fingerprint density at radius 2 is 1.92 bits per heavy atom. The molecule has 0 atom stereocenters. The van der Waals surface area contributed by atoms with E-state index in [1.54, 1.807) is 11.9 Å². The van der Waals surface area contributed by atoms with Gasteiger partial charge in [-0.3, -0.25) is 4.31 Å². The van der Waals surface area contributed by atoms with Gasteiger partial charge in [0.1, 0.15) is 6.29 Å². The van der Waals surface area contributed by atoms with Crippen molar-refractivity contribution in [2.45, 2.75) is 11.3 Å². The van der Waals surface area contributed by atoms with E-state index in [0.717, 1.165) is 11.8 Å². The lowest BCUT2D eigenvalue weighted by Crippen LogP contribution is -1.98. The summed E-state index contributed by atoms with van der Waals surface area (Å²) < 4.78 is 2.04. The van der Waals surface area contributed by atoms with E-state index in [-0.39, 0.29) is 0 Å². The molecule has 0 spiro atoms. The van der Waals surface area contributed by atoms with Gasteiger partial charge in [-0.05, 0) is 43.7 Å². The SMILES string of the molecule is CN(C)Sc1ccc(CC=O)cc1. The molecule has 0 aliphatic heterocycles. The molecule has 13 heavy (non-hydrogen) atoms. The molecular formula is C10H13NOS. The molecule has 3 heteroatoms. The maximum atomic E-state index is 10.2. The number of hydrogen-bond acceptors (Lipinski definition) is 3. The van der Waals surface area contributed by atoms with Gasteiger partial charge in [0.05, 0.1) is 0 Å². The summed E-state index contributed by atoms with van der Waals surface area (Å²) in [5.41, 5.74) is 1.07. The first-order valence-corrected chi connectivity index (χ1v) is 4.87. The van der Waals surface area contributed by atoms with Crippen LogP contribution in [-0.4, -0.2) is 24.7 Å². The van der Waals surface area contributed by atoms with E-state index in [0.29, 0.717) is 6.42 Å². The van der Waals surface area contributed by atoms with Crippen LogP contribution in [0.25, 0.3) is 0 Å². The van der Waals surface area contributed by atoms with Crippen molar-refractivity contribution in [3.05, 3.63) is 29.8 Å². The Hall–Kier alpha value is -0.800. The van der Waals surface area contributed by atoms with Gasteiger partial charge in [-0.2, -0.15) is 0 Å². The van der Waals surface area contributed by atoms with Crippen LogP contribution in [0.5, 0.6) is 0 Å². The molecule has 1 rings (SSSR count). The predicted molar refractivity (Wildman–Crippen MR) is 55.8 cm³/mol. The van der Waals surface area contributed by atoms with Gasteiger partial charge in [0.25, 0.3) is 0 Å². The Balaban J connectivity index is 2.63. The van der Waals surface area contributed by atoms with Crippen LogP contribution >= 0.6 is 11.9 Å². The van der Waals surface area contributed by atoms with Gasteiger partial charge in [0.15, 0.2) is 0 Å². The third kappa shape index (κ3) is 3.61. The summed E-state index contributed by atoms with van der Waals surface area (Å²) in [4.78, 5) is 11.4. The molecule has 0 aromatic heterocycles. The Kier molecular flexibility index (Phi) is 3.99. The molecule has 0 aliphatic carbocycles. The highest BCUT2D eigenvalue weighted by Crippen LogP contribution is 2.19. The summed E-state index contributed by atoms with van der Waals surface area (Å²) >= 11 is 1.67. The van der Waals surface area contributed by atoms with Crippen molar-refractivity contribution in [3.8, 4) is 0 Å². The highest BCUT2D eigenvalue weighted by Gasteiger charge is 1.96. The van der Waals surface area contributed by atoms with E-state index in [9.17, 15) is 4.79 Å². The van der Waals surface area contributed by atoms with Gasteiger partial charge >= 0.3 is 0 Å². The zero-order valence-corrected chi connectivity index (χ0v) is 8.67. The van der Waals surface area contributed by atoms with E-state index >= 15 is 0 Å². The van der Waals surface area contributed by atoms with E-state index in [1.165, 1.54) is 4.90 Å². The summed E-state index contributed by atoms with van der Waals surface area (Å²) in [7, 11) is 4.01. The monoisotopic (exact) mass is 195 g/mol. The van der Waals surface area contributed by atoms with Crippen LogP contribution in [-0.2, 0) is 11.2 Å². The van der Waals surface area contributed by atoms with Gasteiger partial charge in [-0.1, -0.05) is 12.1 Å². The first-order chi connectivity index (χ1) is 6.22. The van der Waals surface area contributed by atoms with E-state index < -0.39 is 0 Å². The lowest BCUT2D eigenvalue weighted by Gasteiger charge is -2.07. The van der Waals surface area contributed by atoms with Crippen LogP contribution < -0.4 is 0 Å². The maximum absolute atomic E-state index is 10.2. The van der Waals surface area contributed by atoms with E-state index in [4.69, 9.17) is 0 Å². The van der Waals surface area contributed by atoms with E-state index in [1.807, 2.05) is 42.7 Å². The number of hydrogen-bond donors (Lipinski definition) is 0. The zero-order valence-electron chi connectivity index (χ0n) is 7.86. The highest BCUT2D eigenvalue weighted by molar-refractivity contribution is 7.97. The molecule has 0 heterocycles. The number of aldehydes is 1. The molecule has 0 N–H and O–H groups in total. The lowest BCUT2D eigenvalue weighted by atomic mass is 10.2. The first-order valence-electron chi connectivity index (χ1n) is 4.10. The predicted octanol–water partition coefficient (Wildman–Crippen LogP) is 2.00. The van der Waals surface area contributed by atoms with Gasteiger partial charge in [0, 0.05) is 11.3 Å². The summed E-state index contributed by atoms with van der Waals surface area (Å²) in [6.07, 6.45) is 1.43. The van der Waals surface area contributed by atoms with Crippen LogP contribution in [0.3, 0.4) is 0 Å². The minimum absolute atomic E-state index is 0.507. The standard InChI is InChI=1S/C10H13NOS/c1-11(2)13-10-5-3-9(4-6-10)7-8-12/h3-6,8H,7H2,1-2H3. The average molecular weight is 195 g/mol. The van der Waals surface area contributed by atoms with Crippen molar-refractivity contribution >= 4 is 18.2 Å². The van der Waals surface area contributed by atoms with Crippen molar-refractivity contribution in [3.63, 3.8) is 0 Å². The average Bonchev–Trinajstić information content (AvgIpc) is 2.08. The minimum Gasteiger partial charge on any atom is -0.303 e. The van der Waals surface area contributed by atoms with Crippen LogP contribution in [0.4, 0.5) is 0 Å². The summed E-state index contributed by atoms with van der Waals surface area (Å²) in [5.74, 6) is 0. The maximum Gasteiger partial charge on any atom is 0.124 e. The Morgan fingerprint density at radius 3 is 2.38 bits per heavy atom. The van der Waals surface area contributed by atoms with Gasteiger partial charge < -0.3 is 4.79 Å². The molecule has 0 radical (unpaired) electrons. The molecule has 1 aromatic carbocycles. The van der Waals surface area contributed by atoms with Crippen LogP contribution in [0.2, 0.25) is 0 Å². The quantitative estimate of drug-likeness (QED) is 0.541. The van der Waals surface area contributed by atoms with E-state index in [2.05, 4.69) is 0 Å². The van der Waals surface area contributed by atoms with Crippen molar-refractivity contribution < 1.29 is 4.79 Å². The number of rotatable bonds is 4. The second kappa shape index (κ2) is 5.04. The normalized spacial score (nSPS) is 10.4. The highest BCUT2D eigenvalue weighted by atomic mass is 32.2. The topological polar surface area (TPSA) is 20.3 Å². The van der Waals surface area contributed by atoms with Crippen molar-refractivity contribution in [1.82, 2.24) is 4.31 Å². The number of carbonyl (C=O) groups is 1. The molecule has 0 amide bonds. The summed E-state index contributed by atoms with van der Waals surface area (Å²) in [6, 6.07) is 8.04. The van der Waals surface area contributed by atoms with Crippen LogP contribution in [0.1, 0.15) is 5.56 Å². The number of nitrogens with zero attached hydrogens (tertiary/aromatic N) is 1. The molecule has 0 unspecified atom stereocenters. The van der Waals surface area contributed by atoms with Gasteiger partial charge in [-0.25, -0.2) is 0 Å². The van der Waals surface area contributed by atoms with Crippen molar-refractivity contribution in [1.29, 1.82) is 0 Å². The lowest BCUT2D eigenvalue weighted by molar-refractivity contribution is -0.107. The van der Waals surface area contributed by atoms with Crippen LogP contribution in [0, 0.1) is 0 Å². The molecule has 70 valence electrons. The second-order valence-electron chi connectivity index (χ2n) is 2.92. The Morgan fingerprint density at radius 1 is 1.31 bits per heavy atom. The molecule has 0 saturated carbocycles. The van der Waals surface area contributed by atoms with Crippen molar-refractivity contribution in [2.75, 3.05) is 14.1 Å². The van der Waals surface area contributed by atoms with Gasteiger partial charge in [-0.15, -0.1) is 0 Å². The summed E-state index contributed by atoms with van der Waals surface area (Å²) in [5, 5.41) is 0. The minimum atomic E-state index is 0.507. The fraction of sp³-hybridized carbons (Fsp3) is 0.300. The molecular weight excluding hydrogens is 182 g/mol. The fourth-order valence-corrected chi connectivity index (χ4v) is 1.67. The Labute approximate surface area is 83.1 Å². The number of carbonyl (C=O) groups excluding carboxylic acids is 1. The third-order valence-corrected chi connectivity index (χ3v) is 2.38. The zero-order chi connectivity index (χ0) is 9.68. The molecule has 1 aromatic rings. The third-order valence-electron chi connectivity index (χ3n) is 1.53. The van der Waals surface area contributed by atoms with Crippen LogP contribution in [0.15, 0.2) is 29.2 Å². The Bertz CT molecular complexity index is 269. The molecule has 0 bridgehead atoms. The fourth-order valence-electron chi connectivity index (χ4n) is 0.993. The molecule has 0 saturated heterocycles. The first kappa shape index (κ1) is 10.3. The number of benzene rings is 1. The van der Waals surface area contributed by atoms with Gasteiger partial charge in [0.2, 0.25) is 0 Å². The molecule has 2 nitrogen and oxygen atoms in total. The molecule has 0 fully saturated rings. The smallest absolute Gasteiger partial charge is 0.124 e. The second-order valence-corrected chi connectivity index (χ2v) is 4.30.